The summed E-state index contributed by atoms with van der Waals surface area (Å²) < 4.78 is 22.8. The quantitative estimate of drug-likeness (QED) is 0.0205. The van der Waals surface area contributed by atoms with Gasteiger partial charge in [0.15, 0.2) is 12.6 Å². The Labute approximate surface area is 431 Å². The minimum absolute atomic E-state index is 0.214. The first kappa shape index (κ1) is 65.8. The number of unbranched alkanes of at least 4 members (excludes halogenated alkanes) is 32. The fraction of sp³-hybridized carbons (Fsp3) is 0.947. The molecule has 2 heterocycles. The van der Waals surface area contributed by atoms with E-state index in [0.717, 1.165) is 64.2 Å². The van der Waals surface area contributed by atoms with Crippen molar-refractivity contribution < 1.29 is 64.6 Å². The molecule has 2 aliphatic rings. The summed E-state index contributed by atoms with van der Waals surface area (Å²) in [5, 5.41) is 87.1. The Kier molecular flexibility index (Phi) is 40.7. The van der Waals surface area contributed by atoms with Crippen LogP contribution < -0.4 is 5.32 Å². The maximum Gasteiger partial charge on any atom is 0.220 e. The van der Waals surface area contributed by atoms with Gasteiger partial charge in [0, 0.05) is 6.42 Å². The van der Waals surface area contributed by atoms with Crippen LogP contribution in [0.5, 0.6) is 0 Å². The largest absolute Gasteiger partial charge is 0.394 e. The first-order valence-corrected chi connectivity index (χ1v) is 29.4. The Morgan fingerprint density at radius 1 is 0.493 bits per heavy atom. The number of hydrogen-bond donors (Lipinski definition) is 9. The number of carbonyl (C=O) groups excluding carboxylic acids is 1. The van der Waals surface area contributed by atoms with E-state index in [1.54, 1.807) is 0 Å². The van der Waals surface area contributed by atoms with E-state index < -0.39 is 86.8 Å². The van der Waals surface area contributed by atoms with Gasteiger partial charge in [-0.05, 0) is 38.5 Å². The summed E-state index contributed by atoms with van der Waals surface area (Å²) in [6.45, 7) is 2.85. The van der Waals surface area contributed by atoms with Gasteiger partial charge in [-0.15, -0.1) is 0 Å². The van der Waals surface area contributed by atoms with Crippen LogP contribution in [-0.2, 0) is 23.7 Å². The van der Waals surface area contributed by atoms with Gasteiger partial charge in [0.1, 0.15) is 48.8 Å². The molecule has 2 saturated heterocycles. The SMILES string of the molecule is CCCCC/C=C\CCCCCCCC(=O)NC(COC1OC(CO)C(OC2OC(CO)C(O)C(O)C2O)C(O)C1O)C(O)CCCCCCCCCCCCCCCCCCCCCCCCCCC. The number of aliphatic hydroxyl groups is 8. The smallest absolute Gasteiger partial charge is 0.220 e. The van der Waals surface area contributed by atoms with Crippen molar-refractivity contribution in [1.29, 1.82) is 0 Å². The Balaban J connectivity index is 1.71. The summed E-state index contributed by atoms with van der Waals surface area (Å²) >= 11 is 0. The predicted octanol–water partition coefficient (Wildman–Crippen LogP) is 9.50. The molecule has 12 atom stereocenters. The number of rotatable bonds is 47. The maximum absolute atomic E-state index is 13.2. The van der Waals surface area contributed by atoms with Crippen LogP contribution in [0.15, 0.2) is 12.2 Å². The Bertz CT molecular complexity index is 1240. The number of nitrogens with one attached hydrogen (secondary N) is 1. The standard InChI is InChI=1S/C57H109NO13/c1-3-5-7-9-11-13-15-17-18-19-20-21-22-23-24-25-26-27-28-29-30-32-34-36-38-40-46(61)45(58-49(62)41-39-37-35-33-31-16-14-12-10-8-6-4-2)44-68-56-54(67)52(65)55(48(43-60)70-56)71-57-53(66)51(64)50(63)47(42-59)69-57/h12,14,45-48,50-57,59-61,63-67H,3-11,13,15-44H2,1-2H3,(H,58,62)/b14-12-. The highest BCUT2D eigenvalue weighted by molar-refractivity contribution is 5.76. The Morgan fingerprint density at radius 2 is 0.887 bits per heavy atom. The molecule has 2 aliphatic heterocycles. The van der Waals surface area contributed by atoms with E-state index in [1.165, 1.54) is 154 Å². The number of amides is 1. The molecule has 0 aromatic carbocycles. The van der Waals surface area contributed by atoms with Crippen LogP contribution in [-0.4, -0.2) is 140 Å². The topological polar surface area (TPSA) is 228 Å². The second-order valence-electron chi connectivity index (χ2n) is 21.1. The van der Waals surface area contributed by atoms with Crippen molar-refractivity contribution in [3.8, 4) is 0 Å². The van der Waals surface area contributed by atoms with Crippen molar-refractivity contribution >= 4 is 5.91 Å². The zero-order chi connectivity index (χ0) is 51.7. The zero-order valence-corrected chi connectivity index (χ0v) is 45.0. The molecule has 0 radical (unpaired) electrons. The number of carbonyl (C=O) groups is 1. The van der Waals surface area contributed by atoms with Crippen LogP contribution in [0.2, 0.25) is 0 Å². The fourth-order valence-corrected chi connectivity index (χ4v) is 9.94. The summed E-state index contributed by atoms with van der Waals surface area (Å²) in [4.78, 5) is 13.2. The second-order valence-corrected chi connectivity index (χ2v) is 21.1. The van der Waals surface area contributed by atoms with Gasteiger partial charge in [0.05, 0.1) is 32.0 Å². The molecule has 1 amide bonds. The van der Waals surface area contributed by atoms with E-state index in [1.807, 2.05) is 0 Å². The molecular weight excluding hydrogens is 907 g/mol. The first-order valence-electron chi connectivity index (χ1n) is 29.4. The molecule has 0 aromatic heterocycles. The van der Waals surface area contributed by atoms with Gasteiger partial charge in [0.25, 0.3) is 0 Å². The van der Waals surface area contributed by atoms with Crippen molar-refractivity contribution in [2.24, 2.45) is 0 Å². The summed E-state index contributed by atoms with van der Waals surface area (Å²) in [7, 11) is 0. The van der Waals surface area contributed by atoms with Crippen LogP contribution in [0, 0.1) is 0 Å². The van der Waals surface area contributed by atoms with Gasteiger partial charge in [-0.3, -0.25) is 4.79 Å². The summed E-state index contributed by atoms with van der Waals surface area (Å²) in [6, 6.07) is -0.829. The number of allylic oxidation sites excluding steroid dienone is 2. The number of hydrogen-bond acceptors (Lipinski definition) is 13. The summed E-state index contributed by atoms with van der Waals surface area (Å²) in [6.07, 6.45) is 32.2. The van der Waals surface area contributed by atoms with E-state index in [4.69, 9.17) is 18.9 Å². The van der Waals surface area contributed by atoms with Crippen LogP contribution in [0.4, 0.5) is 0 Å². The summed E-state index contributed by atoms with van der Waals surface area (Å²) in [5.74, 6) is -0.214. The van der Waals surface area contributed by atoms with Crippen molar-refractivity contribution in [2.45, 2.75) is 325 Å². The molecule has 0 spiro atoms. The number of ether oxygens (including phenoxy) is 4. The van der Waals surface area contributed by atoms with Gasteiger partial charge in [-0.2, -0.15) is 0 Å². The molecule has 0 bridgehead atoms. The highest BCUT2D eigenvalue weighted by atomic mass is 16.7. The van der Waals surface area contributed by atoms with E-state index in [0.29, 0.717) is 19.3 Å². The third-order valence-corrected chi connectivity index (χ3v) is 14.7. The van der Waals surface area contributed by atoms with Gasteiger partial charge in [0.2, 0.25) is 5.91 Å². The second kappa shape index (κ2) is 43.9. The van der Waals surface area contributed by atoms with Gasteiger partial charge >= 0.3 is 0 Å². The van der Waals surface area contributed by atoms with E-state index in [2.05, 4.69) is 31.3 Å². The lowest BCUT2D eigenvalue weighted by molar-refractivity contribution is -0.359. The van der Waals surface area contributed by atoms with Crippen LogP contribution in [0.25, 0.3) is 0 Å². The lowest BCUT2D eigenvalue weighted by Gasteiger charge is -2.46. The van der Waals surface area contributed by atoms with Crippen LogP contribution in [0.3, 0.4) is 0 Å². The third kappa shape index (κ3) is 30.2. The molecule has 2 rings (SSSR count). The van der Waals surface area contributed by atoms with Crippen molar-refractivity contribution in [3.63, 3.8) is 0 Å². The summed E-state index contributed by atoms with van der Waals surface area (Å²) in [5.41, 5.74) is 0. The minimum atomic E-state index is -1.78. The maximum atomic E-state index is 13.2. The molecule has 14 nitrogen and oxygen atoms in total. The lowest BCUT2D eigenvalue weighted by atomic mass is 9.97. The normalized spacial score (nSPS) is 25.8. The molecule has 12 unspecified atom stereocenters. The highest BCUT2D eigenvalue weighted by Crippen LogP contribution is 2.30. The minimum Gasteiger partial charge on any atom is -0.394 e. The lowest BCUT2D eigenvalue weighted by Crippen LogP contribution is -2.65. The van der Waals surface area contributed by atoms with Crippen LogP contribution >= 0.6 is 0 Å². The molecule has 0 aliphatic carbocycles. The van der Waals surface area contributed by atoms with Crippen molar-refractivity contribution in [2.75, 3.05) is 19.8 Å². The highest BCUT2D eigenvalue weighted by Gasteiger charge is 2.51. The van der Waals surface area contributed by atoms with Gasteiger partial charge in [-0.1, -0.05) is 219 Å². The van der Waals surface area contributed by atoms with Crippen molar-refractivity contribution in [3.05, 3.63) is 12.2 Å². The van der Waals surface area contributed by atoms with Gasteiger partial charge < -0.3 is 65.1 Å². The van der Waals surface area contributed by atoms with Crippen molar-refractivity contribution in [1.82, 2.24) is 5.32 Å². The third-order valence-electron chi connectivity index (χ3n) is 14.7. The fourth-order valence-electron chi connectivity index (χ4n) is 9.94. The molecule has 420 valence electrons. The monoisotopic (exact) mass is 1020 g/mol. The average Bonchev–Trinajstić information content (AvgIpc) is 3.37. The predicted molar refractivity (Wildman–Crippen MR) is 282 cm³/mol. The first-order chi connectivity index (χ1) is 34.6. The van der Waals surface area contributed by atoms with E-state index in [9.17, 15) is 45.6 Å². The average molecular weight is 1020 g/mol. The molecule has 0 aromatic rings. The van der Waals surface area contributed by atoms with E-state index >= 15 is 0 Å². The molecule has 9 N–H and O–H groups in total. The molecule has 0 saturated carbocycles. The molecule has 14 heteroatoms. The Morgan fingerprint density at radius 3 is 1.37 bits per heavy atom. The molecule has 71 heavy (non-hydrogen) atoms. The molecule has 2 fully saturated rings. The zero-order valence-electron chi connectivity index (χ0n) is 45.0. The molecular formula is C57H109NO13. The number of aliphatic hydroxyl groups excluding tert-OH is 8. The van der Waals surface area contributed by atoms with E-state index in [-0.39, 0.29) is 12.5 Å². The Hall–Kier alpha value is -1.27. The van der Waals surface area contributed by atoms with Crippen LogP contribution in [0.1, 0.15) is 251 Å². The van der Waals surface area contributed by atoms with Gasteiger partial charge in [-0.25, -0.2) is 0 Å².